The van der Waals surface area contributed by atoms with Crippen molar-refractivity contribution in [2.75, 3.05) is 6.54 Å². The van der Waals surface area contributed by atoms with Crippen LogP contribution in [-0.4, -0.2) is 22.3 Å². The maximum absolute atomic E-state index is 13.0. The largest absolute Gasteiger partial charge is 0.482 e. The van der Waals surface area contributed by atoms with Crippen LogP contribution >= 0.6 is 22.9 Å². The number of halogens is 2. The minimum Gasteiger partial charge on any atom is -0.482 e. The van der Waals surface area contributed by atoms with Gasteiger partial charge in [0.15, 0.2) is 12.3 Å². The molecule has 26 heavy (non-hydrogen) atoms. The Balaban J connectivity index is 1.40. The van der Waals surface area contributed by atoms with Crippen LogP contribution in [0, 0.1) is 5.82 Å². The molecular weight excluding hydrogens is 379 g/mol. The number of hydrogen-bond acceptors (Lipinski definition) is 5. The second-order valence-corrected chi connectivity index (χ2v) is 7.19. The lowest BCUT2D eigenvalue weighted by atomic mass is 10.0. The summed E-state index contributed by atoms with van der Waals surface area (Å²) in [4.78, 5) is 19.8. The Kier molecular flexibility index (Phi) is 4.65. The van der Waals surface area contributed by atoms with Crippen molar-refractivity contribution in [2.24, 2.45) is 0 Å². The fourth-order valence-electron chi connectivity index (χ4n) is 2.76. The van der Waals surface area contributed by atoms with Gasteiger partial charge < -0.3 is 14.1 Å². The zero-order chi connectivity index (χ0) is 18.1. The molecule has 1 aliphatic heterocycles. The average Bonchev–Trinajstić information content (AvgIpc) is 3.25. The number of oxazole rings is 1. The van der Waals surface area contributed by atoms with Crippen molar-refractivity contribution in [1.82, 2.24) is 9.88 Å². The normalized spacial score (nSPS) is 16.4. The van der Waals surface area contributed by atoms with Crippen LogP contribution in [0.3, 0.4) is 0 Å². The van der Waals surface area contributed by atoms with E-state index >= 15 is 0 Å². The van der Waals surface area contributed by atoms with Crippen LogP contribution in [0.1, 0.15) is 33.7 Å². The van der Waals surface area contributed by atoms with E-state index < -0.39 is 5.82 Å². The highest BCUT2D eigenvalue weighted by Gasteiger charge is 2.35. The van der Waals surface area contributed by atoms with Gasteiger partial charge in [-0.3, -0.25) is 4.79 Å². The van der Waals surface area contributed by atoms with Gasteiger partial charge >= 0.3 is 0 Å². The lowest BCUT2D eigenvalue weighted by molar-refractivity contribution is 0.0461. The van der Waals surface area contributed by atoms with E-state index in [1.165, 1.54) is 23.3 Å². The van der Waals surface area contributed by atoms with E-state index in [0.29, 0.717) is 12.3 Å². The van der Waals surface area contributed by atoms with Crippen molar-refractivity contribution in [3.8, 4) is 5.75 Å². The summed E-state index contributed by atoms with van der Waals surface area (Å²) in [5.74, 6) is -0.0350. The molecule has 134 valence electrons. The molecule has 0 bridgehead atoms. The Labute approximate surface area is 158 Å². The van der Waals surface area contributed by atoms with Crippen molar-refractivity contribution in [3.63, 3.8) is 0 Å². The van der Waals surface area contributed by atoms with Crippen molar-refractivity contribution in [3.05, 3.63) is 69.3 Å². The number of nitrogens with zero attached hydrogens (tertiary/aromatic N) is 2. The predicted molar refractivity (Wildman–Crippen MR) is 95.0 cm³/mol. The molecule has 0 spiro atoms. The Morgan fingerprint density at radius 3 is 3.04 bits per heavy atom. The SMILES string of the molecule is O=C(c1coc(COc2ccc(F)cc2Cl)n1)N1CC[C@H]1c1cccs1. The third kappa shape index (κ3) is 3.32. The zero-order valence-corrected chi connectivity index (χ0v) is 15.1. The first-order chi connectivity index (χ1) is 12.6. The number of likely N-dealkylation sites (tertiary alicyclic amines) is 1. The predicted octanol–water partition coefficient (Wildman–Crippen LogP) is 4.69. The Morgan fingerprint density at radius 1 is 1.46 bits per heavy atom. The molecule has 0 saturated carbocycles. The molecule has 1 saturated heterocycles. The molecule has 0 radical (unpaired) electrons. The van der Waals surface area contributed by atoms with E-state index in [4.69, 9.17) is 20.8 Å². The first-order valence-electron chi connectivity index (χ1n) is 7.98. The number of rotatable bonds is 5. The van der Waals surface area contributed by atoms with E-state index in [0.717, 1.165) is 12.5 Å². The molecule has 1 fully saturated rings. The van der Waals surface area contributed by atoms with Gasteiger partial charge in [-0.25, -0.2) is 9.37 Å². The quantitative estimate of drug-likeness (QED) is 0.631. The summed E-state index contributed by atoms with van der Waals surface area (Å²) in [7, 11) is 0. The second-order valence-electron chi connectivity index (χ2n) is 5.81. The minimum atomic E-state index is -0.443. The maximum atomic E-state index is 13.0. The fraction of sp³-hybridized carbons (Fsp3) is 0.222. The number of thiophene rings is 1. The van der Waals surface area contributed by atoms with Gasteiger partial charge in [0.2, 0.25) is 5.89 Å². The standard InChI is InChI=1S/C18H14ClFN2O3S/c19-12-8-11(20)3-4-15(12)24-10-17-21-13(9-25-17)18(23)22-6-5-14(22)16-2-1-7-26-16/h1-4,7-9,14H,5-6,10H2/t14-/m0/s1. The summed E-state index contributed by atoms with van der Waals surface area (Å²) >= 11 is 7.55. The number of carbonyl (C=O) groups is 1. The van der Waals surface area contributed by atoms with Gasteiger partial charge in [-0.1, -0.05) is 17.7 Å². The van der Waals surface area contributed by atoms with E-state index in [1.54, 1.807) is 16.2 Å². The van der Waals surface area contributed by atoms with Gasteiger partial charge in [0, 0.05) is 11.4 Å². The van der Waals surface area contributed by atoms with Crippen LogP contribution < -0.4 is 4.74 Å². The van der Waals surface area contributed by atoms with Gasteiger partial charge in [-0.2, -0.15) is 0 Å². The van der Waals surface area contributed by atoms with Crippen LogP contribution in [-0.2, 0) is 6.61 Å². The summed E-state index contributed by atoms with van der Waals surface area (Å²) < 4.78 is 23.8. The second kappa shape index (κ2) is 7.09. The van der Waals surface area contributed by atoms with Crippen LogP contribution in [0.4, 0.5) is 4.39 Å². The van der Waals surface area contributed by atoms with Crippen molar-refractivity contribution < 1.29 is 18.3 Å². The number of benzene rings is 1. The van der Waals surface area contributed by atoms with Crippen molar-refractivity contribution >= 4 is 28.8 Å². The monoisotopic (exact) mass is 392 g/mol. The number of hydrogen-bond donors (Lipinski definition) is 0. The molecule has 0 N–H and O–H groups in total. The van der Waals surface area contributed by atoms with Crippen molar-refractivity contribution in [2.45, 2.75) is 19.1 Å². The highest BCUT2D eigenvalue weighted by atomic mass is 35.5. The molecule has 8 heteroatoms. The number of carbonyl (C=O) groups excluding carboxylic acids is 1. The first-order valence-corrected chi connectivity index (χ1v) is 9.24. The lowest BCUT2D eigenvalue weighted by Crippen LogP contribution is -2.44. The third-order valence-electron chi connectivity index (χ3n) is 4.17. The summed E-state index contributed by atoms with van der Waals surface area (Å²) in [5, 5.41) is 2.16. The minimum absolute atomic E-state index is 0.00696. The topological polar surface area (TPSA) is 55.6 Å². The zero-order valence-electron chi connectivity index (χ0n) is 13.5. The number of amides is 1. The molecule has 1 atom stereocenters. The first kappa shape index (κ1) is 17.1. The molecule has 1 amide bonds. The van der Waals surface area contributed by atoms with E-state index in [1.807, 2.05) is 17.5 Å². The molecule has 3 heterocycles. The third-order valence-corrected chi connectivity index (χ3v) is 5.44. The summed E-state index contributed by atoms with van der Waals surface area (Å²) in [6, 6.07) is 7.96. The van der Waals surface area contributed by atoms with E-state index in [-0.39, 0.29) is 35.2 Å². The van der Waals surface area contributed by atoms with Crippen LogP contribution in [0.5, 0.6) is 5.75 Å². The summed E-state index contributed by atoms with van der Waals surface area (Å²) in [6.45, 7) is 0.693. The molecule has 4 rings (SSSR count). The Morgan fingerprint density at radius 2 is 2.35 bits per heavy atom. The highest BCUT2D eigenvalue weighted by Crippen LogP contribution is 2.36. The van der Waals surface area contributed by atoms with Gasteiger partial charge in [-0.15, -0.1) is 11.3 Å². The Bertz CT molecular complexity index is 928. The molecule has 2 aromatic heterocycles. The van der Waals surface area contributed by atoms with E-state index in [2.05, 4.69) is 4.98 Å². The Hall–Kier alpha value is -2.38. The molecule has 3 aromatic rings. The molecule has 0 aliphatic carbocycles. The summed E-state index contributed by atoms with van der Waals surface area (Å²) in [6.07, 6.45) is 2.28. The molecule has 0 unspecified atom stereocenters. The van der Waals surface area contributed by atoms with Gasteiger partial charge in [-0.05, 0) is 36.1 Å². The van der Waals surface area contributed by atoms with Gasteiger partial charge in [0.1, 0.15) is 17.8 Å². The average molecular weight is 393 g/mol. The highest BCUT2D eigenvalue weighted by molar-refractivity contribution is 7.10. The molecule has 5 nitrogen and oxygen atoms in total. The van der Waals surface area contributed by atoms with Gasteiger partial charge in [0.25, 0.3) is 5.91 Å². The lowest BCUT2D eigenvalue weighted by Gasteiger charge is -2.39. The molecule has 1 aromatic carbocycles. The van der Waals surface area contributed by atoms with Crippen molar-refractivity contribution in [1.29, 1.82) is 0 Å². The molecular formula is C18H14ClFN2O3S. The maximum Gasteiger partial charge on any atom is 0.276 e. The fourth-order valence-corrected chi connectivity index (χ4v) is 3.86. The smallest absolute Gasteiger partial charge is 0.276 e. The van der Waals surface area contributed by atoms with Crippen LogP contribution in [0.15, 0.2) is 46.4 Å². The summed E-state index contributed by atoms with van der Waals surface area (Å²) in [5.41, 5.74) is 0.245. The van der Waals surface area contributed by atoms with Gasteiger partial charge in [0.05, 0.1) is 11.1 Å². The molecule has 1 aliphatic rings. The number of ether oxygens (including phenoxy) is 1. The van der Waals surface area contributed by atoms with Crippen LogP contribution in [0.25, 0.3) is 0 Å². The van der Waals surface area contributed by atoms with E-state index in [9.17, 15) is 9.18 Å². The number of aromatic nitrogens is 1. The van der Waals surface area contributed by atoms with Crippen LogP contribution in [0.2, 0.25) is 5.02 Å².